The molecule has 0 aromatic carbocycles. The van der Waals surface area contributed by atoms with E-state index < -0.39 is 0 Å². The Kier molecular flexibility index (Phi) is 18.5. The lowest BCUT2D eigenvalue weighted by Crippen LogP contribution is -2.16. The van der Waals surface area contributed by atoms with Gasteiger partial charge in [-0.3, -0.25) is 4.79 Å². The smallest absolute Gasteiger partial charge is 0.135 e. The molecule has 0 aliphatic heterocycles. The monoisotopic (exact) mass is 314 g/mol. The van der Waals surface area contributed by atoms with Gasteiger partial charge in [0.15, 0.2) is 0 Å². The van der Waals surface area contributed by atoms with Crippen LogP contribution in [0, 0.1) is 11.8 Å². The van der Waals surface area contributed by atoms with E-state index in [1.54, 1.807) is 0 Å². The van der Waals surface area contributed by atoms with Crippen LogP contribution in [0.4, 0.5) is 0 Å². The first-order chi connectivity index (χ1) is 10.4. The third kappa shape index (κ3) is 14.6. The Labute approximate surface area is 140 Å². The maximum atomic E-state index is 11.3. The molecule has 22 heavy (non-hydrogen) atoms. The molecule has 0 radical (unpaired) electrons. The molecule has 0 rings (SSSR count). The number of carbonyl (C=O) groups excluding carboxylic acids is 1. The average Bonchev–Trinajstić information content (AvgIpc) is 2.51. The van der Waals surface area contributed by atoms with Crippen LogP contribution in [-0.2, 0) is 4.79 Å². The fourth-order valence-electron chi connectivity index (χ4n) is 2.54. The van der Waals surface area contributed by atoms with Crippen LogP contribution in [0.5, 0.6) is 0 Å². The van der Waals surface area contributed by atoms with E-state index >= 15 is 0 Å². The van der Waals surface area contributed by atoms with E-state index in [2.05, 4.69) is 34.6 Å². The van der Waals surface area contributed by atoms with Gasteiger partial charge in [-0.05, 0) is 31.6 Å². The van der Waals surface area contributed by atoms with Gasteiger partial charge in [0.1, 0.15) is 5.78 Å². The minimum absolute atomic E-state index is 0.0603. The predicted molar refractivity (Wildman–Crippen MR) is 98.2 cm³/mol. The van der Waals surface area contributed by atoms with Crippen LogP contribution in [0.25, 0.3) is 0 Å². The van der Waals surface area contributed by atoms with E-state index in [-0.39, 0.29) is 6.10 Å². The normalized spacial score (nSPS) is 14.7. The summed E-state index contributed by atoms with van der Waals surface area (Å²) >= 11 is 0. The molecule has 3 unspecified atom stereocenters. The van der Waals surface area contributed by atoms with E-state index in [4.69, 9.17) is 0 Å². The van der Waals surface area contributed by atoms with Crippen molar-refractivity contribution in [1.82, 2.24) is 0 Å². The van der Waals surface area contributed by atoms with Gasteiger partial charge in [-0.1, -0.05) is 73.6 Å². The van der Waals surface area contributed by atoms with Crippen molar-refractivity contribution in [3.8, 4) is 0 Å². The van der Waals surface area contributed by atoms with Crippen molar-refractivity contribution >= 4 is 5.78 Å². The van der Waals surface area contributed by atoms with Crippen LogP contribution in [0.3, 0.4) is 0 Å². The van der Waals surface area contributed by atoms with Gasteiger partial charge in [-0.15, -0.1) is 0 Å². The molecule has 0 heterocycles. The van der Waals surface area contributed by atoms with Crippen LogP contribution >= 0.6 is 0 Å². The molecular weight excluding hydrogens is 272 g/mol. The Morgan fingerprint density at radius 2 is 1.36 bits per heavy atom. The molecule has 0 aliphatic carbocycles. The molecule has 0 aromatic rings. The second kappa shape index (κ2) is 17.0. The number of Topliss-reactive ketones (excluding diaryl/α,β-unsaturated/α-hetero) is 1. The van der Waals surface area contributed by atoms with E-state index in [0.717, 1.165) is 51.4 Å². The van der Waals surface area contributed by atoms with Gasteiger partial charge >= 0.3 is 0 Å². The maximum Gasteiger partial charge on any atom is 0.135 e. The standard InChI is InChI=1S/C10H22O.C10H20O/c2*1-4-6-8-10(11)9(3)7-5-2/h9-11H,4-8H2,1-3H3;9H,4-8H2,1-3H3. The van der Waals surface area contributed by atoms with Gasteiger partial charge in [0.2, 0.25) is 0 Å². The molecule has 2 heteroatoms. The third-order valence-electron chi connectivity index (χ3n) is 4.30. The number of hydrogen-bond acceptors (Lipinski definition) is 2. The second-order valence-electron chi connectivity index (χ2n) is 6.74. The number of rotatable bonds is 12. The van der Waals surface area contributed by atoms with E-state index in [9.17, 15) is 9.90 Å². The summed E-state index contributed by atoms with van der Waals surface area (Å²) in [4.78, 5) is 11.3. The molecule has 2 nitrogen and oxygen atoms in total. The highest BCUT2D eigenvalue weighted by atomic mass is 16.3. The number of unbranched alkanes of at least 4 members (excludes halogenated alkanes) is 2. The first-order valence-electron chi connectivity index (χ1n) is 9.65. The van der Waals surface area contributed by atoms with Crippen molar-refractivity contribution in [2.75, 3.05) is 0 Å². The first kappa shape index (κ1) is 23.9. The summed E-state index contributed by atoms with van der Waals surface area (Å²) in [6, 6.07) is 0. The maximum absolute atomic E-state index is 11.3. The van der Waals surface area contributed by atoms with Gasteiger partial charge in [-0.2, -0.15) is 0 Å². The summed E-state index contributed by atoms with van der Waals surface area (Å²) in [6.45, 7) is 12.8. The zero-order valence-electron chi connectivity index (χ0n) is 16.2. The van der Waals surface area contributed by atoms with Crippen molar-refractivity contribution < 1.29 is 9.90 Å². The van der Waals surface area contributed by atoms with Gasteiger partial charge in [-0.25, -0.2) is 0 Å². The quantitative estimate of drug-likeness (QED) is 0.468. The van der Waals surface area contributed by atoms with Crippen LogP contribution < -0.4 is 0 Å². The topological polar surface area (TPSA) is 37.3 Å². The van der Waals surface area contributed by atoms with Gasteiger partial charge in [0.25, 0.3) is 0 Å². The van der Waals surface area contributed by atoms with E-state index in [1.807, 2.05) is 6.92 Å². The molecule has 134 valence electrons. The summed E-state index contributed by atoms with van der Waals surface area (Å²) in [5.41, 5.74) is 0. The molecule has 0 aliphatic rings. The van der Waals surface area contributed by atoms with Crippen molar-refractivity contribution in [3.63, 3.8) is 0 Å². The number of aliphatic hydroxyl groups excluding tert-OH is 1. The summed E-state index contributed by atoms with van der Waals surface area (Å²) in [5.74, 6) is 1.24. The Balaban J connectivity index is 0. The molecule has 0 fully saturated rings. The van der Waals surface area contributed by atoms with Gasteiger partial charge in [0.05, 0.1) is 6.10 Å². The van der Waals surface area contributed by atoms with Gasteiger partial charge in [0, 0.05) is 12.3 Å². The number of aliphatic hydroxyl groups is 1. The average molecular weight is 315 g/mol. The Bertz CT molecular complexity index is 238. The molecule has 0 bridgehead atoms. The fourth-order valence-corrected chi connectivity index (χ4v) is 2.54. The van der Waals surface area contributed by atoms with E-state index in [1.165, 1.54) is 12.8 Å². The predicted octanol–water partition coefficient (Wildman–Crippen LogP) is 6.16. The van der Waals surface area contributed by atoms with Crippen molar-refractivity contribution in [3.05, 3.63) is 0 Å². The van der Waals surface area contributed by atoms with Gasteiger partial charge < -0.3 is 5.11 Å². The summed E-state index contributed by atoms with van der Waals surface area (Å²) in [7, 11) is 0. The number of carbonyl (C=O) groups is 1. The van der Waals surface area contributed by atoms with Crippen molar-refractivity contribution in [2.24, 2.45) is 11.8 Å². The molecule has 1 N–H and O–H groups in total. The van der Waals surface area contributed by atoms with Crippen LogP contribution in [-0.4, -0.2) is 17.0 Å². The lowest BCUT2D eigenvalue weighted by molar-refractivity contribution is -0.122. The number of hydrogen-bond donors (Lipinski definition) is 1. The molecular formula is C20H42O2. The highest BCUT2D eigenvalue weighted by molar-refractivity contribution is 5.80. The zero-order chi connectivity index (χ0) is 17.4. The molecule has 0 spiro atoms. The van der Waals surface area contributed by atoms with Crippen LogP contribution in [0.2, 0.25) is 0 Å². The zero-order valence-corrected chi connectivity index (χ0v) is 16.2. The molecule has 0 saturated heterocycles. The summed E-state index contributed by atoms with van der Waals surface area (Å²) in [5, 5.41) is 9.58. The molecule has 0 amide bonds. The minimum atomic E-state index is -0.0603. The van der Waals surface area contributed by atoms with Crippen molar-refractivity contribution in [2.45, 2.75) is 112 Å². The summed E-state index contributed by atoms with van der Waals surface area (Å²) < 4.78 is 0. The molecule has 3 atom stereocenters. The lowest BCUT2D eigenvalue weighted by Gasteiger charge is -2.17. The Morgan fingerprint density at radius 3 is 1.82 bits per heavy atom. The Morgan fingerprint density at radius 1 is 0.818 bits per heavy atom. The van der Waals surface area contributed by atoms with E-state index in [0.29, 0.717) is 17.6 Å². The lowest BCUT2D eigenvalue weighted by atomic mass is 9.95. The molecule has 0 saturated carbocycles. The number of ketones is 1. The largest absolute Gasteiger partial charge is 0.393 e. The fraction of sp³-hybridized carbons (Fsp3) is 0.950. The third-order valence-corrected chi connectivity index (χ3v) is 4.30. The Hall–Kier alpha value is -0.370. The second-order valence-corrected chi connectivity index (χ2v) is 6.74. The highest BCUT2D eigenvalue weighted by Crippen LogP contribution is 2.15. The molecule has 0 aromatic heterocycles. The first-order valence-corrected chi connectivity index (χ1v) is 9.65. The highest BCUT2D eigenvalue weighted by Gasteiger charge is 2.11. The van der Waals surface area contributed by atoms with Crippen LogP contribution in [0.15, 0.2) is 0 Å². The van der Waals surface area contributed by atoms with Crippen molar-refractivity contribution in [1.29, 1.82) is 0 Å². The van der Waals surface area contributed by atoms with Crippen LogP contribution in [0.1, 0.15) is 106 Å². The minimum Gasteiger partial charge on any atom is -0.393 e. The SMILES string of the molecule is CCCCC(=O)C(C)CCC.CCCCC(O)C(C)CCC. The summed E-state index contributed by atoms with van der Waals surface area (Å²) in [6.07, 6.45) is 10.8.